The minimum absolute atomic E-state index is 0.00151. The number of aromatic nitrogens is 1. The Labute approximate surface area is 139 Å². The molecule has 5 heteroatoms. The number of benzene rings is 1. The van der Waals surface area contributed by atoms with Crippen molar-refractivity contribution in [2.45, 2.75) is 19.4 Å². The van der Waals surface area contributed by atoms with Gasteiger partial charge < -0.3 is 14.3 Å². The number of anilines is 1. The molecular formula is C19H18N2O3. The third-order valence-corrected chi connectivity index (χ3v) is 3.81. The van der Waals surface area contributed by atoms with Crippen LogP contribution >= 0.6 is 0 Å². The number of nitrogens with one attached hydrogen (secondary N) is 1. The van der Waals surface area contributed by atoms with Gasteiger partial charge in [0, 0.05) is 23.6 Å². The molecule has 1 aromatic carbocycles. The Bertz CT molecular complexity index is 769. The second kappa shape index (κ2) is 7.00. The summed E-state index contributed by atoms with van der Waals surface area (Å²) in [7, 11) is 0. The maximum absolute atomic E-state index is 12.4. The molecule has 5 nitrogen and oxygen atoms in total. The first-order valence-electron chi connectivity index (χ1n) is 7.70. The summed E-state index contributed by atoms with van der Waals surface area (Å²) in [5.74, 6) is 0.604. The van der Waals surface area contributed by atoms with Gasteiger partial charge in [-0.2, -0.15) is 0 Å². The second-order valence-corrected chi connectivity index (χ2v) is 5.55. The van der Waals surface area contributed by atoms with Crippen molar-refractivity contribution in [3.05, 3.63) is 78.5 Å². The van der Waals surface area contributed by atoms with Crippen LogP contribution in [0.15, 0.2) is 71.6 Å². The average Bonchev–Trinajstić information content (AvgIpc) is 3.27. The van der Waals surface area contributed by atoms with Crippen molar-refractivity contribution in [2.24, 2.45) is 0 Å². The lowest BCUT2D eigenvalue weighted by atomic mass is 10.1. The molecule has 122 valence electrons. The van der Waals surface area contributed by atoms with Crippen molar-refractivity contribution in [3.63, 3.8) is 0 Å². The zero-order valence-corrected chi connectivity index (χ0v) is 13.3. The Morgan fingerprint density at radius 3 is 2.38 bits per heavy atom. The molecule has 2 aromatic heterocycles. The molecule has 0 spiro atoms. The summed E-state index contributed by atoms with van der Waals surface area (Å²) in [6.07, 6.45) is 5.66. The topological polar surface area (TPSA) is 64.2 Å². The van der Waals surface area contributed by atoms with Gasteiger partial charge in [0.1, 0.15) is 5.76 Å². The van der Waals surface area contributed by atoms with Gasteiger partial charge in [-0.15, -0.1) is 0 Å². The van der Waals surface area contributed by atoms with Crippen LogP contribution in [0.1, 0.15) is 35.5 Å². The van der Waals surface area contributed by atoms with Crippen LogP contribution in [-0.2, 0) is 4.79 Å². The number of amides is 1. The van der Waals surface area contributed by atoms with Gasteiger partial charge in [-0.25, -0.2) is 0 Å². The molecule has 0 aliphatic heterocycles. The summed E-state index contributed by atoms with van der Waals surface area (Å²) < 4.78 is 7.42. The van der Waals surface area contributed by atoms with Crippen LogP contribution in [0.2, 0.25) is 0 Å². The van der Waals surface area contributed by atoms with Gasteiger partial charge in [0.2, 0.25) is 5.91 Å². The van der Waals surface area contributed by atoms with Crippen LogP contribution in [0.5, 0.6) is 0 Å². The lowest BCUT2D eigenvalue weighted by molar-refractivity contribution is -0.116. The highest BCUT2D eigenvalue weighted by molar-refractivity contribution is 5.95. The molecule has 3 aromatic rings. The molecule has 1 amide bonds. The highest BCUT2D eigenvalue weighted by Gasteiger charge is 2.19. The number of hydrogen-bond donors (Lipinski definition) is 1. The minimum atomic E-state index is -0.202. The molecule has 0 saturated heterocycles. The maximum atomic E-state index is 12.4. The number of rotatable bonds is 6. The van der Waals surface area contributed by atoms with E-state index >= 15 is 0 Å². The molecule has 3 rings (SSSR count). The van der Waals surface area contributed by atoms with Crippen molar-refractivity contribution >= 4 is 17.4 Å². The lowest BCUT2D eigenvalue weighted by Crippen LogP contribution is -2.19. The molecule has 0 saturated carbocycles. The van der Waals surface area contributed by atoms with Crippen molar-refractivity contribution in [3.8, 4) is 0 Å². The van der Waals surface area contributed by atoms with E-state index in [2.05, 4.69) is 5.32 Å². The van der Waals surface area contributed by atoms with E-state index < -0.39 is 0 Å². The van der Waals surface area contributed by atoms with Crippen molar-refractivity contribution in [2.75, 3.05) is 5.32 Å². The zero-order valence-electron chi connectivity index (χ0n) is 13.3. The number of ketones is 1. The van der Waals surface area contributed by atoms with E-state index in [-0.39, 0.29) is 24.2 Å². The molecule has 1 N–H and O–H groups in total. The lowest BCUT2D eigenvalue weighted by Gasteiger charge is -2.16. The van der Waals surface area contributed by atoms with Crippen LogP contribution < -0.4 is 5.32 Å². The van der Waals surface area contributed by atoms with E-state index in [0.29, 0.717) is 11.3 Å². The van der Waals surface area contributed by atoms with E-state index in [1.54, 1.807) is 30.5 Å². The normalized spacial score (nSPS) is 11.9. The minimum Gasteiger partial charge on any atom is -0.467 e. The second-order valence-electron chi connectivity index (χ2n) is 5.55. The molecule has 1 atom stereocenters. The molecule has 1 unspecified atom stereocenters. The van der Waals surface area contributed by atoms with Gasteiger partial charge in [-0.3, -0.25) is 9.59 Å². The van der Waals surface area contributed by atoms with Crippen molar-refractivity contribution in [1.29, 1.82) is 0 Å². The van der Waals surface area contributed by atoms with E-state index in [4.69, 9.17) is 4.42 Å². The largest absolute Gasteiger partial charge is 0.467 e. The fourth-order valence-electron chi connectivity index (χ4n) is 2.57. The number of nitrogens with zero attached hydrogens (tertiary/aromatic N) is 1. The standard InChI is InChI=1S/C19H18N2O3/c1-14(22)15-6-8-16(9-7-15)20-19(23)13-17(18-5-4-12-24-18)21-10-2-3-11-21/h2-12,17H,13H2,1H3,(H,20,23). The molecule has 2 heterocycles. The summed E-state index contributed by atoms with van der Waals surface area (Å²) >= 11 is 0. The Morgan fingerprint density at radius 1 is 1.08 bits per heavy atom. The maximum Gasteiger partial charge on any atom is 0.226 e. The van der Waals surface area contributed by atoms with Crippen molar-refractivity contribution in [1.82, 2.24) is 4.57 Å². The van der Waals surface area contributed by atoms with E-state index in [1.807, 2.05) is 41.2 Å². The highest BCUT2D eigenvalue weighted by atomic mass is 16.3. The van der Waals surface area contributed by atoms with Gasteiger partial charge in [0.05, 0.1) is 18.7 Å². The number of furan rings is 1. The van der Waals surface area contributed by atoms with Gasteiger partial charge in [-0.1, -0.05) is 0 Å². The third kappa shape index (κ3) is 3.63. The molecular weight excluding hydrogens is 304 g/mol. The third-order valence-electron chi connectivity index (χ3n) is 3.81. The Kier molecular flexibility index (Phi) is 4.61. The first kappa shape index (κ1) is 15.8. The van der Waals surface area contributed by atoms with Crippen LogP contribution in [0.25, 0.3) is 0 Å². The number of carbonyl (C=O) groups is 2. The van der Waals surface area contributed by atoms with E-state index in [9.17, 15) is 9.59 Å². The molecule has 0 bridgehead atoms. The van der Waals surface area contributed by atoms with E-state index in [1.165, 1.54) is 6.92 Å². The first-order chi connectivity index (χ1) is 11.6. The SMILES string of the molecule is CC(=O)c1ccc(NC(=O)CC(c2ccco2)n2cccc2)cc1. The predicted octanol–water partition coefficient (Wildman–Crippen LogP) is 3.90. The van der Waals surface area contributed by atoms with Crippen LogP contribution in [0.4, 0.5) is 5.69 Å². The average molecular weight is 322 g/mol. The molecule has 0 fully saturated rings. The quantitative estimate of drug-likeness (QED) is 0.700. The smallest absolute Gasteiger partial charge is 0.226 e. The summed E-state index contributed by atoms with van der Waals surface area (Å²) in [6, 6.07) is 14.2. The monoisotopic (exact) mass is 322 g/mol. The Balaban J connectivity index is 1.71. The van der Waals surface area contributed by atoms with Gasteiger partial charge in [-0.05, 0) is 55.5 Å². The highest BCUT2D eigenvalue weighted by Crippen LogP contribution is 2.23. The Hall–Kier alpha value is -3.08. The molecule has 0 radical (unpaired) electrons. The zero-order chi connectivity index (χ0) is 16.9. The number of hydrogen-bond acceptors (Lipinski definition) is 3. The fraction of sp³-hybridized carbons (Fsp3) is 0.158. The summed E-state index contributed by atoms with van der Waals surface area (Å²) in [5, 5.41) is 2.86. The summed E-state index contributed by atoms with van der Waals surface area (Å²) in [5.41, 5.74) is 1.28. The first-order valence-corrected chi connectivity index (χ1v) is 7.70. The number of Topliss-reactive ketones (excluding diaryl/α,β-unsaturated/α-hetero) is 1. The van der Waals surface area contributed by atoms with Gasteiger partial charge in [0.25, 0.3) is 0 Å². The number of carbonyl (C=O) groups excluding carboxylic acids is 2. The predicted molar refractivity (Wildman–Crippen MR) is 91.0 cm³/mol. The summed E-state index contributed by atoms with van der Waals surface area (Å²) in [6.45, 7) is 1.51. The van der Waals surface area contributed by atoms with Crippen LogP contribution in [0.3, 0.4) is 0 Å². The summed E-state index contributed by atoms with van der Waals surface area (Å²) in [4.78, 5) is 23.7. The van der Waals surface area contributed by atoms with Crippen molar-refractivity contribution < 1.29 is 14.0 Å². The fourth-order valence-corrected chi connectivity index (χ4v) is 2.57. The Morgan fingerprint density at radius 2 is 1.79 bits per heavy atom. The van der Waals surface area contributed by atoms with Gasteiger partial charge in [0.15, 0.2) is 5.78 Å². The van der Waals surface area contributed by atoms with Crippen LogP contribution in [-0.4, -0.2) is 16.3 Å². The van der Waals surface area contributed by atoms with E-state index in [0.717, 1.165) is 5.76 Å². The molecule has 0 aliphatic rings. The van der Waals surface area contributed by atoms with Crippen LogP contribution in [0, 0.1) is 0 Å². The molecule has 24 heavy (non-hydrogen) atoms. The molecule has 0 aliphatic carbocycles. The van der Waals surface area contributed by atoms with Gasteiger partial charge >= 0.3 is 0 Å².